The Labute approximate surface area is 126 Å². The molecule has 4 heteroatoms. The van der Waals surface area contributed by atoms with Crippen molar-refractivity contribution in [2.45, 2.75) is 18.4 Å². The van der Waals surface area contributed by atoms with Crippen LogP contribution in [0.4, 0.5) is 0 Å². The van der Waals surface area contributed by atoms with Gasteiger partial charge < -0.3 is 5.32 Å². The predicted molar refractivity (Wildman–Crippen MR) is 83.7 cm³/mol. The molecule has 0 radical (unpaired) electrons. The Balaban J connectivity index is 2.05. The van der Waals surface area contributed by atoms with Gasteiger partial charge >= 0.3 is 0 Å². The Morgan fingerprint density at radius 2 is 1.89 bits per heavy atom. The first kappa shape index (κ1) is 14.2. The molecule has 0 aliphatic heterocycles. The lowest BCUT2D eigenvalue weighted by Gasteiger charge is -2.08. The SMILES string of the molecule is Cc1ccc(CNC(=O)c2cc(S)ccc2Br)cc1. The van der Waals surface area contributed by atoms with Crippen molar-refractivity contribution in [2.24, 2.45) is 0 Å². The molecule has 1 amide bonds. The van der Waals surface area contributed by atoms with Crippen molar-refractivity contribution in [3.8, 4) is 0 Å². The van der Waals surface area contributed by atoms with E-state index in [0.717, 1.165) is 14.9 Å². The van der Waals surface area contributed by atoms with Crippen LogP contribution >= 0.6 is 28.6 Å². The van der Waals surface area contributed by atoms with E-state index in [-0.39, 0.29) is 5.91 Å². The number of rotatable bonds is 3. The van der Waals surface area contributed by atoms with Gasteiger partial charge in [0.25, 0.3) is 5.91 Å². The van der Waals surface area contributed by atoms with Crippen LogP contribution in [0.3, 0.4) is 0 Å². The third-order valence-electron chi connectivity index (χ3n) is 2.77. The van der Waals surface area contributed by atoms with Crippen molar-refractivity contribution in [3.05, 3.63) is 63.6 Å². The Hall–Kier alpha value is -1.26. The van der Waals surface area contributed by atoms with Crippen molar-refractivity contribution in [3.63, 3.8) is 0 Å². The zero-order chi connectivity index (χ0) is 13.8. The largest absolute Gasteiger partial charge is 0.348 e. The van der Waals surface area contributed by atoms with Crippen molar-refractivity contribution < 1.29 is 4.79 Å². The van der Waals surface area contributed by atoms with Gasteiger partial charge in [0.2, 0.25) is 0 Å². The lowest BCUT2D eigenvalue weighted by Crippen LogP contribution is -2.23. The fraction of sp³-hybridized carbons (Fsp3) is 0.133. The molecule has 1 N–H and O–H groups in total. The van der Waals surface area contributed by atoms with E-state index in [9.17, 15) is 4.79 Å². The van der Waals surface area contributed by atoms with E-state index in [2.05, 4.69) is 33.9 Å². The van der Waals surface area contributed by atoms with E-state index in [1.165, 1.54) is 5.56 Å². The Kier molecular flexibility index (Phi) is 4.66. The maximum Gasteiger partial charge on any atom is 0.252 e. The summed E-state index contributed by atoms with van der Waals surface area (Å²) >= 11 is 7.62. The molecule has 2 aromatic carbocycles. The molecule has 0 aromatic heterocycles. The molecular weight excluding hydrogens is 322 g/mol. The first-order chi connectivity index (χ1) is 9.06. The van der Waals surface area contributed by atoms with Crippen LogP contribution in [0.25, 0.3) is 0 Å². The number of hydrogen-bond donors (Lipinski definition) is 2. The van der Waals surface area contributed by atoms with Gasteiger partial charge in [0.15, 0.2) is 0 Å². The number of carbonyl (C=O) groups is 1. The van der Waals surface area contributed by atoms with Crippen LogP contribution in [-0.2, 0) is 6.54 Å². The zero-order valence-corrected chi connectivity index (χ0v) is 13.0. The molecule has 0 heterocycles. The third-order valence-corrected chi connectivity index (χ3v) is 3.74. The molecule has 0 atom stereocenters. The van der Waals surface area contributed by atoms with Gasteiger partial charge in [-0.1, -0.05) is 29.8 Å². The number of halogens is 1. The van der Waals surface area contributed by atoms with Gasteiger partial charge in [0.05, 0.1) is 5.56 Å². The van der Waals surface area contributed by atoms with Crippen LogP contribution in [-0.4, -0.2) is 5.91 Å². The summed E-state index contributed by atoms with van der Waals surface area (Å²) in [5, 5.41) is 2.90. The minimum Gasteiger partial charge on any atom is -0.348 e. The third kappa shape index (κ3) is 3.85. The van der Waals surface area contributed by atoms with E-state index < -0.39 is 0 Å². The van der Waals surface area contributed by atoms with Crippen LogP contribution in [0.5, 0.6) is 0 Å². The summed E-state index contributed by atoms with van der Waals surface area (Å²) < 4.78 is 0.770. The van der Waals surface area contributed by atoms with Gasteiger partial charge in [0.1, 0.15) is 0 Å². The van der Waals surface area contributed by atoms with Gasteiger partial charge in [-0.3, -0.25) is 4.79 Å². The Morgan fingerprint density at radius 3 is 2.58 bits per heavy atom. The van der Waals surface area contributed by atoms with Crippen LogP contribution in [0.1, 0.15) is 21.5 Å². The molecule has 2 rings (SSSR count). The molecule has 19 heavy (non-hydrogen) atoms. The molecular formula is C15H14BrNOS. The highest BCUT2D eigenvalue weighted by Crippen LogP contribution is 2.20. The maximum atomic E-state index is 12.1. The van der Waals surface area contributed by atoms with Crippen LogP contribution in [0.2, 0.25) is 0 Å². The molecule has 98 valence electrons. The smallest absolute Gasteiger partial charge is 0.252 e. The van der Waals surface area contributed by atoms with E-state index >= 15 is 0 Å². The number of thiol groups is 1. The van der Waals surface area contributed by atoms with E-state index in [4.69, 9.17) is 0 Å². The molecule has 2 aromatic rings. The second-order valence-electron chi connectivity index (χ2n) is 4.33. The summed E-state index contributed by atoms with van der Waals surface area (Å²) in [6, 6.07) is 13.5. The first-order valence-corrected chi connectivity index (χ1v) is 7.12. The lowest BCUT2D eigenvalue weighted by molar-refractivity contribution is 0.0950. The molecule has 0 saturated carbocycles. The minimum absolute atomic E-state index is 0.108. The second-order valence-corrected chi connectivity index (χ2v) is 5.70. The lowest BCUT2D eigenvalue weighted by atomic mass is 10.1. The van der Waals surface area contributed by atoms with Gasteiger partial charge in [-0.15, -0.1) is 12.6 Å². The van der Waals surface area contributed by atoms with Crippen molar-refractivity contribution in [1.29, 1.82) is 0 Å². The summed E-state index contributed by atoms with van der Waals surface area (Å²) in [6.07, 6.45) is 0. The average molecular weight is 336 g/mol. The highest BCUT2D eigenvalue weighted by Gasteiger charge is 2.09. The highest BCUT2D eigenvalue weighted by molar-refractivity contribution is 9.10. The standard InChI is InChI=1S/C15H14BrNOS/c1-10-2-4-11(5-3-10)9-17-15(18)13-8-12(19)6-7-14(13)16/h2-8,19H,9H2,1H3,(H,17,18). The molecule has 0 fully saturated rings. The fourth-order valence-corrected chi connectivity index (χ4v) is 2.30. The van der Waals surface area contributed by atoms with E-state index in [0.29, 0.717) is 12.1 Å². The highest BCUT2D eigenvalue weighted by atomic mass is 79.9. The van der Waals surface area contributed by atoms with Crippen molar-refractivity contribution in [1.82, 2.24) is 5.32 Å². The summed E-state index contributed by atoms with van der Waals surface area (Å²) in [4.78, 5) is 12.9. The van der Waals surface area contributed by atoms with Gasteiger partial charge in [-0.25, -0.2) is 0 Å². The monoisotopic (exact) mass is 335 g/mol. The number of nitrogens with one attached hydrogen (secondary N) is 1. The second kappa shape index (κ2) is 6.26. The molecule has 2 nitrogen and oxygen atoms in total. The quantitative estimate of drug-likeness (QED) is 0.816. The topological polar surface area (TPSA) is 29.1 Å². The number of aryl methyl sites for hydroxylation is 1. The summed E-state index contributed by atoms with van der Waals surface area (Å²) in [5.41, 5.74) is 2.89. The van der Waals surface area contributed by atoms with Crippen molar-refractivity contribution in [2.75, 3.05) is 0 Å². The number of benzene rings is 2. The average Bonchev–Trinajstić information content (AvgIpc) is 2.40. The number of amides is 1. The Bertz CT molecular complexity index is 596. The van der Waals surface area contributed by atoms with E-state index in [1.54, 1.807) is 6.07 Å². The number of hydrogen-bond acceptors (Lipinski definition) is 2. The van der Waals surface area contributed by atoms with Crippen molar-refractivity contribution >= 4 is 34.5 Å². The van der Waals surface area contributed by atoms with Crippen LogP contribution in [0, 0.1) is 6.92 Å². The summed E-state index contributed by atoms with van der Waals surface area (Å²) in [5.74, 6) is -0.108. The van der Waals surface area contributed by atoms with Gasteiger partial charge in [0, 0.05) is 15.9 Å². The predicted octanol–water partition coefficient (Wildman–Crippen LogP) is 3.98. The maximum absolute atomic E-state index is 12.1. The molecule has 0 aliphatic carbocycles. The van der Waals surface area contributed by atoms with Gasteiger partial charge in [-0.2, -0.15) is 0 Å². The molecule has 0 spiro atoms. The molecule has 0 unspecified atom stereocenters. The van der Waals surface area contributed by atoms with Gasteiger partial charge in [-0.05, 0) is 46.6 Å². The normalized spacial score (nSPS) is 10.3. The fourth-order valence-electron chi connectivity index (χ4n) is 1.67. The summed E-state index contributed by atoms with van der Waals surface area (Å²) in [6.45, 7) is 2.56. The zero-order valence-electron chi connectivity index (χ0n) is 10.5. The van der Waals surface area contributed by atoms with E-state index in [1.807, 2.05) is 43.3 Å². The van der Waals surface area contributed by atoms with Crippen LogP contribution < -0.4 is 5.32 Å². The van der Waals surface area contributed by atoms with Crippen LogP contribution in [0.15, 0.2) is 51.8 Å². The number of carbonyl (C=O) groups excluding carboxylic acids is 1. The Morgan fingerprint density at radius 1 is 1.21 bits per heavy atom. The molecule has 0 saturated heterocycles. The first-order valence-electron chi connectivity index (χ1n) is 5.88. The molecule has 0 bridgehead atoms. The summed E-state index contributed by atoms with van der Waals surface area (Å²) in [7, 11) is 0. The minimum atomic E-state index is -0.108. The molecule has 0 aliphatic rings.